The van der Waals surface area contributed by atoms with Crippen molar-refractivity contribution in [2.75, 3.05) is 7.11 Å². The number of halogens is 1. The lowest BCUT2D eigenvalue weighted by Gasteiger charge is -2.11. The predicted octanol–water partition coefficient (Wildman–Crippen LogP) is 3.13. The lowest BCUT2D eigenvalue weighted by molar-refractivity contribution is 0.178. The van der Waals surface area contributed by atoms with Gasteiger partial charge in [-0.05, 0) is 45.3 Å². The van der Waals surface area contributed by atoms with E-state index < -0.39 is 6.10 Å². The summed E-state index contributed by atoms with van der Waals surface area (Å²) >= 11 is 3.43. The van der Waals surface area contributed by atoms with Crippen LogP contribution in [0.3, 0.4) is 0 Å². The van der Waals surface area contributed by atoms with E-state index >= 15 is 0 Å². The fraction of sp³-hybridized carbons (Fsp3) is 0.214. The second-order valence-electron chi connectivity index (χ2n) is 3.98. The van der Waals surface area contributed by atoms with E-state index in [0.717, 1.165) is 21.3 Å². The molecule has 1 heterocycles. The lowest BCUT2D eigenvalue weighted by atomic mass is 10.0. The van der Waals surface area contributed by atoms with Crippen LogP contribution in [-0.4, -0.2) is 17.2 Å². The number of ether oxygens (including phenoxy) is 1. The Labute approximate surface area is 115 Å². The van der Waals surface area contributed by atoms with Crippen molar-refractivity contribution in [2.45, 2.75) is 12.5 Å². The van der Waals surface area contributed by atoms with Gasteiger partial charge in [0.25, 0.3) is 0 Å². The average molecular weight is 308 g/mol. The average Bonchev–Trinajstić information content (AvgIpc) is 2.40. The number of nitrogens with zero attached hydrogens (tertiary/aromatic N) is 1. The summed E-state index contributed by atoms with van der Waals surface area (Å²) in [6.45, 7) is 0. The van der Waals surface area contributed by atoms with E-state index in [1.807, 2.05) is 30.3 Å². The maximum Gasteiger partial charge on any atom is 0.133 e. The molecule has 4 heteroatoms. The van der Waals surface area contributed by atoms with Crippen LogP contribution in [0.1, 0.15) is 17.2 Å². The molecule has 0 radical (unpaired) electrons. The van der Waals surface area contributed by atoms with Crippen LogP contribution in [0, 0.1) is 0 Å². The number of benzene rings is 1. The van der Waals surface area contributed by atoms with Gasteiger partial charge in [-0.2, -0.15) is 0 Å². The van der Waals surface area contributed by atoms with Gasteiger partial charge in [0.1, 0.15) is 5.75 Å². The van der Waals surface area contributed by atoms with Gasteiger partial charge in [0.05, 0.1) is 17.7 Å². The molecule has 1 atom stereocenters. The van der Waals surface area contributed by atoms with Gasteiger partial charge < -0.3 is 9.84 Å². The van der Waals surface area contributed by atoms with E-state index in [1.54, 1.807) is 19.5 Å². The first-order valence-corrected chi connectivity index (χ1v) is 6.40. The van der Waals surface area contributed by atoms with Crippen LogP contribution in [0.15, 0.2) is 47.2 Å². The van der Waals surface area contributed by atoms with Crippen LogP contribution in [0.4, 0.5) is 0 Å². The van der Waals surface area contributed by atoms with Crippen molar-refractivity contribution in [3.8, 4) is 5.75 Å². The van der Waals surface area contributed by atoms with Gasteiger partial charge >= 0.3 is 0 Å². The molecule has 18 heavy (non-hydrogen) atoms. The summed E-state index contributed by atoms with van der Waals surface area (Å²) < 4.78 is 6.06. The molecule has 0 aliphatic rings. The number of methoxy groups -OCH3 is 1. The third-order valence-electron chi connectivity index (χ3n) is 2.71. The first kappa shape index (κ1) is 13.1. The molecule has 0 bridgehead atoms. The van der Waals surface area contributed by atoms with Crippen molar-refractivity contribution >= 4 is 15.9 Å². The third-order valence-corrected chi connectivity index (χ3v) is 3.33. The Kier molecular flexibility index (Phi) is 4.33. The van der Waals surface area contributed by atoms with Crippen molar-refractivity contribution in [3.63, 3.8) is 0 Å². The van der Waals surface area contributed by atoms with E-state index in [1.165, 1.54) is 0 Å². The summed E-state index contributed by atoms with van der Waals surface area (Å²) in [5.41, 5.74) is 1.86. The molecule has 0 saturated heterocycles. The standard InChI is InChI=1S/C14H14BrNO2/c1-18-14-5-4-10(7-12(14)15)8-13(17)11-3-2-6-16-9-11/h2-7,9,13,17H,8H2,1H3. The van der Waals surface area contributed by atoms with Crippen molar-refractivity contribution in [3.05, 3.63) is 58.3 Å². The molecule has 0 fully saturated rings. The normalized spacial score (nSPS) is 12.2. The fourth-order valence-electron chi connectivity index (χ4n) is 1.75. The number of hydrogen-bond donors (Lipinski definition) is 1. The first-order chi connectivity index (χ1) is 8.70. The molecule has 2 aromatic rings. The highest BCUT2D eigenvalue weighted by Crippen LogP contribution is 2.27. The molecule has 1 aromatic carbocycles. The minimum Gasteiger partial charge on any atom is -0.496 e. The number of hydrogen-bond acceptors (Lipinski definition) is 3. The molecule has 94 valence electrons. The summed E-state index contributed by atoms with van der Waals surface area (Å²) in [4.78, 5) is 4.00. The molecule has 1 N–H and O–H groups in total. The number of rotatable bonds is 4. The van der Waals surface area contributed by atoms with E-state index in [2.05, 4.69) is 20.9 Å². The molecule has 0 spiro atoms. The topological polar surface area (TPSA) is 42.4 Å². The minimum absolute atomic E-state index is 0.543. The molecule has 0 amide bonds. The highest BCUT2D eigenvalue weighted by atomic mass is 79.9. The molecule has 1 unspecified atom stereocenters. The van der Waals surface area contributed by atoms with Gasteiger partial charge in [-0.25, -0.2) is 0 Å². The van der Waals surface area contributed by atoms with Gasteiger partial charge in [0, 0.05) is 18.8 Å². The van der Waals surface area contributed by atoms with Crippen molar-refractivity contribution in [1.29, 1.82) is 0 Å². The van der Waals surface area contributed by atoms with Gasteiger partial charge in [-0.1, -0.05) is 12.1 Å². The SMILES string of the molecule is COc1ccc(CC(O)c2cccnc2)cc1Br. The Hall–Kier alpha value is -1.39. The van der Waals surface area contributed by atoms with Crippen LogP contribution in [0.2, 0.25) is 0 Å². The smallest absolute Gasteiger partial charge is 0.133 e. The zero-order valence-corrected chi connectivity index (χ0v) is 11.6. The maximum atomic E-state index is 10.1. The highest BCUT2D eigenvalue weighted by Gasteiger charge is 2.10. The molecule has 0 saturated carbocycles. The van der Waals surface area contributed by atoms with Crippen LogP contribution in [-0.2, 0) is 6.42 Å². The fourth-order valence-corrected chi connectivity index (χ4v) is 2.34. The second kappa shape index (κ2) is 5.98. The monoisotopic (exact) mass is 307 g/mol. The second-order valence-corrected chi connectivity index (χ2v) is 4.83. The summed E-state index contributed by atoms with van der Waals surface area (Å²) in [5, 5.41) is 10.1. The van der Waals surface area contributed by atoms with Crippen LogP contribution in [0.25, 0.3) is 0 Å². The van der Waals surface area contributed by atoms with Gasteiger partial charge in [0.15, 0.2) is 0 Å². The van der Waals surface area contributed by atoms with Gasteiger partial charge in [-0.15, -0.1) is 0 Å². The molecule has 0 aliphatic carbocycles. The Morgan fingerprint density at radius 2 is 2.22 bits per heavy atom. The molecular weight excluding hydrogens is 294 g/mol. The van der Waals surface area contributed by atoms with Crippen molar-refractivity contribution < 1.29 is 9.84 Å². The zero-order chi connectivity index (χ0) is 13.0. The highest BCUT2D eigenvalue weighted by molar-refractivity contribution is 9.10. The zero-order valence-electron chi connectivity index (χ0n) is 10.0. The van der Waals surface area contributed by atoms with E-state index in [4.69, 9.17) is 4.74 Å². The Morgan fingerprint density at radius 3 is 2.83 bits per heavy atom. The summed E-state index contributed by atoms with van der Waals surface area (Å²) in [5.74, 6) is 0.787. The van der Waals surface area contributed by atoms with Crippen molar-refractivity contribution in [2.24, 2.45) is 0 Å². The predicted molar refractivity (Wildman–Crippen MR) is 73.6 cm³/mol. The summed E-state index contributed by atoms with van der Waals surface area (Å²) in [6, 6.07) is 9.48. The molecular formula is C14H14BrNO2. The van der Waals surface area contributed by atoms with Crippen LogP contribution in [0.5, 0.6) is 5.75 Å². The molecule has 3 nitrogen and oxygen atoms in total. The van der Waals surface area contributed by atoms with Gasteiger partial charge in [-0.3, -0.25) is 4.98 Å². The van der Waals surface area contributed by atoms with E-state index in [9.17, 15) is 5.11 Å². The lowest BCUT2D eigenvalue weighted by Crippen LogP contribution is -2.02. The maximum absolute atomic E-state index is 10.1. The van der Waals surface area contributed by atoms with Crippen molar-refractivity contribution in [1.82, 2.24) is 4.98 Å². The first-order valence-electron chi connectivity index (χ1n) is 5.61. The van der Waals surface area contributed by atoms with Crippen LogP contribution < -0.4 is 4.74 Å². The number of aliphatic hydroxyl groups excluding tert-OH is 1. The Morgan fingerprint density at radius 1 is 1.39 bits per heavy atom. The summed E-state index contributed by atoms with van der Waals surface area (Å²) in [7, 11) is 1.63. The number of aromatic nitrogens is 1. The Balaban J connectivity index is 2.12. The molecule has 2 rings (SSSR count). The van der Waals surface area contributed by atoms with E-state index in [0.29, 0.717) is 6.42 Å². The summed E-state index contributed by atoms with van der Waals surface area (Å²) in [6.07, 6.45) is 3.39. The largest absolute Gasteiger partial charge is 0.496 e. The Bertz CT molecular complexity index is 516. The molecule has 0 aliphatic heterocycles. The van der Waals surface area contributed by atoms with E-state index in [-0.39, 0.29) is 0 Å². The van der Waals surface area contributed by atoms with Crippen LogP contribution >= 0.6 is 15.9 Å². The van der Waals surface area contributed by atoms with Gasteiger partial charge in [0.2, 0.25) is 0 Å². The molecule has 1 aromatic heterocycles. The third kappa shape index (κ3) is 3.09. The minimum atomic E-state index is -0.543. The number of aliphatic hydroxyl groups is 1. The quantitative estimate of drug-likeness (QED) is 0.943. The number of pyridine rings is 1.